The van der Waals surface area contributed by atoms with E-state index in [2.05, 4.69) is 10.6 Å². The van der Waals surface area contributed by atoms with E-state index in [0.29, 0.717) is 6.54 Å². The summed E-state index contributed by atoms with van der Waals surface area (Å²) in [6.07, 6.45) is 1.26. The highest BCUT2D eigenvalue weighted by atomic mass is 35.5. The Kier molecular flexibility index (Phi) is 6.65. The number of amides is 1. The molecular formula is C16H25ClN2O2. The van der Waals surface area contributed by atoms with E-state index >= 15 is 0 Å². The number of rotatable bonds is 4. The molecule has 5 heteroatoms. The number of aliphatic hydroxyl groups is 1. The highest BCUT2D eigenvalue weighted by Crippen LogP contribution is 2.25. The zero-order valence-electron chi connectivity index (χ0n) is 12.7. The van der Waals surface area contributed by atoms with Crippen molar-refractivity contribution in [2.24, 2.45) is 5.41 Å². The van der Waals surface area contributed by atoms with Gasteiger partial charge >= 0.3 is 0 Å². The number of nitrogens with one attached hydrogen (secondary N) is 2. The summed E-state index contributed by atoms with van der Waals surface area (Å²) in [7, 11) is 0. The van der Waals surface area contributed by atoms with Gasteiger partial charge in [-0.1, -0.05) is 29.8 Å². The SMILES string of the molecule is Cc1ccc(C(O)CNC(=O)C2(C)CCCNC2)cc1.Cl. The minimum atomic E-state index is -0.653. The number of aryl methyl sites for hydroxylation is 1. The van der Waals surface area contributed by atoms with Crippen LogP contribution in [0.25, 0.3) is 0 Å². The Bertz CT molecular complexity index is 456. The fourth-order valence-corrected chi connectivity index (χ4v) is 2.56. The zero-order valence-corrected chi connectivity index (χ0v) is 13.5. The van der Waals surface area contributed by atoms with E-state index in [4.69, 9.17) is 0 Å². The molecule has 2 atom stereocenters. The van der Waals surface area contributed by atoms with Crippen molar-refractivity contribution in [2.75, 3.05) is 19.6 Å². The number of hydrogen-bond donors (Lipinski definition) is 3. The Hall–Kier alpha value is -1.10. The van der Waals surface area contributed by atoms with Crippen LogP contribution in [0.3, 0.4) is 0 Å². The van der Waals surface area contributed by atoms with Crippen LogP contribution in [0, 0.1) is 12.3 Å². The summed E-state index contributed by atoms with van der Waals surface area (Å²) < 4.78 is 0. The highest BCUT2D eigenvalue weighted by Gasteiger charge is 2.34. The van der Waals surface area contributed by atoms with Crippen molar-refractivity contribution < 1.29 is 9.90 Å². The van der Waals surface area contributed by atoms with Gasteiger partial charge in [0.2, 0.25) is 5.91 Å². The predicted octanol–water partition coefficient (Wildman–Crippen LogP) is 1.96. The molecule has 118 valence electrons. The number of aliphatic hydroxyl groups excluding tert-OH is 1. The molecule has 21 heavy (non-hydrogen) atoms. The van der Waals surface area contributed by atoms with Gasteiger partial charge in [0.15, 0.2) is 0 Å². The van der Waals surface area contributed by atoms with Crippen LogP contribution >= 0.6 is 12.4 Å². The van der Waals surface area contributed by atoms with E-state index < -0.39 is 6.10 Å². The van der Waals surface area contributed by atoms with E-state index in [1.807, 2.05) is 38.1 Å². The van der Waals surface area contributed by atoms with Crippen molar-refractivity contribution in [1.82, 2.24) is 10.6 Å². The zero-order chi connectivity index (χ0) is 14.6. The molecular weight excluding hydrogens is 288 g/mol. The fraction of sp³-hybridized carbons (Fsp3) is 0.562. The van der Waals surface area contributed by atoms with Crippen molar-refractivity contribution in [3.63, 3.8) is 0 Å². The van der Waals surface area contributed by atoms with Gasteiger partial charge in [-0.3, -0.25) is 4.79 Å². The second-order valence-corrected chi connectivity index (χ2v) is 5.98. The van der Waals surface area contributed by atoms with Crippen LogP contribution < -0.4 is 10.6 Å². The molecule has 1 fully saturated rings. The first-order valence-corrected chi connectivity index (χ1v) is 7.25. The lowest BCUT2D eigenvalue weighted by Gasteiger charge is -2.32. The van der Waals surface area contributed by atoms with E-state index in [-0.39, 0.29) is 30.3 Å². The van der Waals surface area contributed by atoms with Gasteiger partial charge in [0.1, 0.15) is 0 Å². The lowest BCUT2D eigenvalue weighted by molar-refractivity contribution is -0.131. The van der Waals surface area contributed by atoms with Gasteiger partial charge in [0, 0.05) is 13.1 Å². The molecule has 1 aliphatic rings. The fourth-order valence-electron chi connectivity index (χ4n) is 2.56. The summed E-state index contributed by atoms with van der Waals surface area (Å²) in [4.78, 5) is 12.2. The van der Waals surface area contributed by atoms with Gasteiger partial charge in [0.25, 0.3) is 0 Å². The van der Waals surface area contributed by atoms with E-state index in [9.17, 15) is 9.90 Å². The molecule has 0 spiro atoms. The summed E-state index contributed by atoms with van der Waals surface area (Å²) >= 11 is 0. The molecule has 2 unspecified atom stereocenters. The quantitative estimate of drug-likeness (QED) is 0.796. The van der Waals surface area contributed by atoms with Crippen LogP contribution in [0.15, 0.2) is 24.3 Å². The minimum Gasteiger partial charge on any atom is -0.387 e. The van der Waals surface area contributed by atoms with Crippen molar-refractivity contribution in [3.8, 4) is 0 Å². The monoisotopic (exact) mass is 312 g/mol. The predicted molar refractivity (Wildman–Crippen MR) is 86.6 cm³/mol. The molecule has 0 saturated carbocycles. The first-order valence-electron chi connectivity index (χ1n) is 7.25. The smallest absolute Gasteiger partial charge is 0.227 e. The molecule has 1 aromatic carbocycles. The average molecular weight is 313 g/mol. The lowest BCUT2D eigenvalue weighted by Crippen LogP contribution is -2.49. The van der Waals surface area contributed by atoms with E-state index in [0.717, 1.165) is 30.5 Å². The molecule has 0 bridgehead atoms. The number of carbonyl (C=O) groups excluding carboxylic acids is 1. The topological polar surface area (TPSA) is 61.4 Å². The van der Waals surface area contributed by atoms with Crippen LogP contribution in [0.2, 0.25) is 0 Å². The highest BCUT2D eigenvalue weighted by molar-refractivity contribution is 5.85. The Labute approximate surface area is 132 Å². The van der Waals surface area contributed by atoms with Gasteiger partial charge in [-0.25, -0.2) is 0 Å². The number of benzene rings is 1. The molecule has 2 rings (SSSR count). The van der Waals surface area contributed by atoms with E-state index in [1.54, 1.807) is 0 Å². The van der Waals surface area contributed by atoms with Crippen LogP contribution in [0.5, 0.6) is 0 Å². The van der Waals surface area contributed by atoms with Crippen molar-refractivity contribution in [2.45, 2.75) is 32.8 Å². The van der Waals surface area contributed by atoms with Crippen LogP contribution in [-0.2, 0) is 4.79 Å². The van der Waals surface area contributed by atoms with Crippen LogP contribution in [-0.4, -0.2) is 30.6 Å². The lowest BCUT2D eigenvalue weighted by atomic mass is 9.82. The maximum absolute atomic E-state index is 12.2. The molecule has 0 radical (unpaired) electrons. The van der Waals surface area contributed by atoms with Gasteiger partial charge in [0.05, 0.1) is 11.5 Å². The summed E-state index contributed by atoms with van der Waals surface area (Å²) in [5.41, 5.74) is 1.64. The molecule has 1 aliphatic heterocycles. The maximum atomic E-state index is 12.2. The van der Waals surface area contributed by atoms with E-state index in [1.165, 1.54) is 0 Å². The standard InChI is InChI=1S/C16H24N2O2.ClH/c1-12-4-6-13(7-5-12)14(19)10-18-15(20)16(2)8-3-9-17-11-16;/h4-7,14,17,19H,3,8-11H2,1-2H3,(H,18,20);1H. The van der Waals surface area contributed by atoms with Crippen molar-refractivity contribution in [3.05, 3.63) is 35.4 Å². The summed E-state index contributed by atoms with van der Waals surface area (Å²) in [5, 5.41) is 16.2. The molecule has 0 aromatic heterocycles. The van der Waals surface area contributed by atoms with Gasteiger partial charge in [-0.2, -0.15) is 0 Å². The van der Waals surface area contributed by atoms with Gasteiger partial charge < -0.3 is 15.7 Å². The first-order chi connectivity index (χ1) is 9.51. The summed E-state index contributed by atoms with van der Waals surface area (Å²) in [6, 6.07) is 7.73. The third-order valence-corrected chi connectivity index (χ3v) is 4.06. The Morgan fingerprint density at radius 2 is 2.10 bits per heavy atom. The molecule has 0 aliphatic carbocycles. The summed E-state index contributed by atoms with van der Waals surface area (Å²) in [5.74, 6) is 0.0239. The van der Waals surface area contributed by atoms with Gasteiger partial charge in [-0.15, -0.1) is 12.4 Å². The second-order valence-electron chi connectivity index (χ2n) is 5.98. The Morgan fingerprint density at radius 1 is 1.43 bits per heavy atom. The average Bonchev–Trinajstić information content (AvgIpc) is 2.46. The molecule has 3 N–H and O–H groups in total. The number of hydrogen-bond acceptors (Lipinski definition) is 3. The van der Waals surface area contributed by atoms with Crippen molar-refractivity contribution >= 4 is 18.3 Å². The Balaban J connectivity index is 0.00000220. The van der Waals surface area contributed by atoms with Gasteiger partial charge in [-0.05, 0) is 38.8 Å². The molecule has 1 saturated heterocycles. The molecule has 1 heterocycles. The third-order valence-electron chi connectivity index (χ3n) is 4.06. The minimum absolute atomic E-state index is 0. The largest absolute Gasteiger partial charge is 0.387 e. The van der Waals surface area contributed by atoms with Crippen LogP contribution in [0.1, 0.15) is 37.0 Å². The normalized spacial score (nSPS) is 23.0. The van der Waals surface area contributed by atoms with Crippen LogP contribution in [0.4, 0.5) is 0 Å². The Morgan fingerprint density at radius 3 is 2.67 bits per heavy atom. The third kappa shape index (κ3) is 4.70. The first kappa shape index (κ1) is 18.0. The molecule has 4 nitrogen and oxygen atoms in total. The number of piperidine rings is 1. The number of carbonyl (C=O) groups is 1. The summed E-state index contributed by atoms with van der Waals surface area (Å²) in [6.45, 7) is 5.94. The molecule has 1 aromatic rings. The number of halogens is 1. The maximum Gasteiger partial charge on any atom is 0.227 e. The second kappa shape index (κ2) is 7.78. The molecule has 1 amide bonds. The van der Waals surface area contributed by atoms with Crippen molar-refractivity contribution in [1.29, 1.82) is 0 Å².